The molecular weight excluding hydrogens is 374 g/mol. The Labute approximate surface area is 144 Å². The topological polar surface area (TPSA) is 81.7 Å². The first-order valence-electron chi connectivity index (χ1n) is 6.59. The maximum atomic E-state index is 13.8. The summed E-state index contributed by atoms with van der Waals surface area (Å²) >= 11 is 5.74. The van der Waals surface area contributed by atoms with Crippen LogP contribution in [0.5, 0.6) is 5.75 Å². The van der Waals surface area contributed by atoms with Crippen molar-refractivity contribution in [3.8, 4) is 5.75 Å². The molecule has 6 nitrogen and oxygen atoms in total. The number of benzene rings is 1. The molecule has 0 aliphatic heterocycles. The van der Waals surface area contributed by atoms with Gasteiger partial charge < -0.3 is 14.8 Å². The van der Waals surface area contributed by atoms with Crippen LogP contribution in [0.25, 0.3) is 0 Å². The number of methoxy groups -OCH3 is 1. The van der Waals surface area contributed by atoms with E-state index in [-0.39, 0.29) is 10.8 Å². The van der Waals surface area contributed by atoms with Gasteiger partial charge >= 0.3 is 12.1 Å². The second-order valence-corrected chi connectivity index (χ2v) is 5.10. The number of hydrogen-bond acceptors (Lipinski definition) is 5. The van der Waals surface area contributed by atoms with E-state index in [0.29, 0.717) is 0 Å². The van der Waals surface area contributed by atoms with E-state index in [1.54, 1.807) is 0 Å². The predicted molar refractivity (Wildman–Crippen MR) is 77.8 cm³/mol. The Morgan fingerprint density at radius 1 is 1.28 bits per heavy atom. The molecule has 1 unspecified atom stereocenters. The number of ketones is 1. The number of anilines is 1. The maximum absolute atomic E-state index is 13.8. The molecular formula is C14H12ClF4NO5. The second-order valence-electron chi connectivity index (χ2n) is 4.69. The second kappa shape index (κ2) is 8.15. The third-order valence-electron chi connectivity index (χ3n) is 2.77. The molecule has 25 heavy (non-hydrogen) atoms. The Hall–Kier alpha value is -2.36. The van der Waals surface area contributed by atoms with E-state index >= 15 is 0 Å². The zero-order chi connectivity index (χ0) is 19.4. The van der Waals surface area contributed by atoms with Gasteiger partial charge in [-0.1, -0.05) is 11.6 Å². The molecule has 0 fully saturated rings. The normalized spacial score (nSPS) is 12.3. The monoisotopic (exact) mass is 385 g/mol. The minimum atomic E-state index is -5.18. The lowest BCUT2D eigenvalue weighted by molar-refractivity contribution is -0.171. The smallest absolute Gasteiger partial charge is 0.450 e. The van der Waals surface area contributed by atoms with Crippen molar-refractivity contribution in [2.75, 3.05) is 12.4 Å². The molecule has 0 heterocycles. The molecule has 1 atom stereocenters. The van der Waals surface area contributed by atoms with E-state index < -0.39 is 47.9 Å². The lowest BCUT2D eigenvalue weighted by Gasteiger charge is -2.15. The van der Waals surface area contributed by atoms with E-state index in [2.05, 4.69) is 4.74 Å². The van der Waals surface area contributed by atoms with Crippen molar-refractivity contribution in [3.63, 3.8) is 0 Å². The number of amides is 1. The summed E-state index contributed by atoms with van der Waals surface area (Å²) in [5.74, 6) is -5.72. The Kier molecular flexibility index (Phi) is 6.74. The SMILES string of the molecule is COC(=O)C(C)Oc1cc(NC(=O)CC(=O)C(F)(F)F)c(F)cc1Cl. The molecule has 0 saturated heterocycles. The molecule has 1 amide bonds. The number of carbonyl (C=O) groups is 3. The molecule has 1 aromatic carbocycles. The fraction of sp³-hybridized carbons (Fsp3) is 0.357. The molecule has 0 bridgehead atoms. The average molecular weight is 386 g/mol. The Bertz CT molecular complexity index is 693. The maximum Gasteiger partial charge on any atom is 0.450 e. The van der Waals surface area contributed by atoms with Crippen LogP contribution in [0.4, 0.5) is 23.2 Å². The van der Waals surface area contributed by atoms with Crippen LogP contribution in [-0.4, -0.2) is 37.0 Å². The van der Waals surface area contributed by atoms with E-state index in [4.69, 9.17) is 16.3 Å². The standard InChI is InChI=1S/C14H12ClF4NO5/c1-6(13(23)24-2)25-10-4-9(8(16)3-7(10)15)20-12(22)5-11(21)14(17,18)19/h3-4,6H,5H2,1-2H3,(H,20,22). The lowest BCUT2D eigenvalue weighted by Crippen LogP contribution is -2.28. The van der Waals surface area contributed by atoms with Crippen molar-refractivity contribution in [2.24, 2.45) is 0 Å². The summed E-state index contributed by atoms with van der Waals surface area (Å²) in [6.07, 6.45) is -7.82. The van der Waals surface area contributed by atoms with Crippen LogP contribution >= 0.6 is 11.6 Å². The highest BCUT2D eigenvalue weighted by Crippen LogP contribution is 2.31. The first-order valence-corrected chi connectivity index (χ1v) is 6.97. The van der Waals surface area contributed by atoms with E-state index in [0.717, 1.165) is 19.2 Å². The number of rotatable bonds is 6. The summed E-state index contributed by atoms with van der Waals surface area (Å²) in [5, 5.41) is 1.56. The summed E-state index contributed by atoms with van der Waals surface area (Å²) < 4.78 is 59.7. The predicted octanol–water partition coefficient (Wildman–Crippen LogP) is 2.88. The van der Waals surface area contributed by atoms with Crippen LogP contribution in [0.2, 0.25) is 5.02 Å². The quantitative estimate of drug-likeness (QED) is 0.462. The number of halogens is 5. The number of Topliss-reactive ketones (excluding diaryl/α,β-unsaturated/α-hetero) is 1. The number of alkyl halides is 3. The van der Waals surface area contributed by atoms with Gasteiger partial charge in [0.1, 0.15) is 11.6 Å². The van der Waals surface area contributed by atoms with Crippen LogP contribution in [0.1, 0.15) is 13.3 Å². The fourth-order valence-electron chi connectivity index (χ4n) is 1.56. The van der Waals surface area contributed by atoms with Gasteiger partial charge in [0.15, 0.2) is 6.10 Å². The zero-order valence-electron chi connectivity index (χ0n) is 12.9. The molecule has 1 aromatic rings. The first kappa shape index (κ1) is 20.7. The molecule has 0 aliphatic carbocycles. The number of nitrogens with one attached hydrogen (secondary N) is 1. The van der Waals surface area contributed by atoms with Crippen molar-refractivity contribution < 1.29 is 41.4 Å². The highest BCUT2D eigenvalue weighted by Gasteiger charge is 2.39. The molecule has 0 saturated carbocycles. The van der Waals surface area contributed by atoms with E-state index in [1.165, 1.54) is 6.92 Å². The Morgan fingerprint density at radius 3 is 2.40 bits per heavy atom. The van der Waals surface area contributed by atoms with Gasteiger partial charge in [0.2, 0.25) is 11.7 Å². The van der Waals surface area contributed by atoms with Gasteiger partial charge in [0.05, 0.1) is 24.2 Å². The Morgan fingerprint density at radius 2 is 1.88 bits per heavy atom. The molecule has 0 aromatic heterocycles. The highest BCUT2D eigenvalue weighted by atomic mass is 35.5. The van der Waals surface area contributed by atoms with Crippen LogP contribution < -0.4 is 10.1 Å². The number of carbonyl (C=O) groups excluding carboxylic acids is 3. The Balaban J connectivity index is 2.94. The molecule has 0 radical (unpaired) electrons. The molecule has 0 spiro atoms. The van der Waals surface area contributed by atoms with Gasteiger partial charge in [-0.25, -0.2) is 9.18 Å². The summed E-state index contributed by atoms with van der Waals surface area (Å²) in [5.41, 5.74) is -0.573. The molecule has 1 rings (SSSR count). The first-order chi connectivity index (χ1) is 11.5. The third kappa shape index (κ3) is 5.89. The average Bonchev–Trinajstić information content (AvgIpc) is 2.49. The number of hydrogen-bond donors (Lipinski definition) is 1. The minimum absolute atomic E-state index is 0.224. The minimum Gasteiger partial charge on any atom is -0.477 e. The summed E-state index contributed by atoms with van der Waals surface area (Å²) in [6.45, 7) is 1.31. The van der Waals surface area contributed by atoms with Crippen molar-refractivity contribution in [3.05, 3.63) is 23.0 Å². The van der Waals surface area contributed by atoms with Gasteiger partial charge in [-0.3, -0.25) is 9.59 Å². The van der Waals surface area contributed by atoms with Crippen molar-refractivity contribution in [1.82, 2.24) is 0 Å². The largest absolute Gasteiger partial charge is 0.477 e. The molecule has 0 aliphatic rings. The highest BCUT2D eigenvalue weighted by molar-refractivity contribution is 6.32. The van der Waals surface area contributed by atoms with Crippen molar-refractivity contribution >= 4 is 34.9 Å². The van der Waals surface area contributed by atoms with Gasteiger partial charge in [-0.15, -0.1) is 0 Å². The third-order valence-corrected chi connectivity index (χ3v) is 3.07. The van der Waals surface area contributed by atoms with Crippen molar-refractivity contribution in [2.45, 2.75) is 25.6 Å². The van der Waals surface area contributed by atoms with Crippen LogP contribution in [0, 0.1) is 5.82 Å². The summed E-state index contributed by atoms with van der Waals surface area (Å²) in [6, 6.07) is 1.59. The molecule has 11 heteroatoms. The molecule has 1 N–H and O–H groups in total. The summed E-state index contributed by atoms with van der Waals surface area (Å²) in [7, 11) is 1.11. The van der Waals surface area contributed by atoms with Gasteiger partial charge in [0.25, 0.3) is 0 Å². The zero-order valence-corrected chi connectivity index (χ0v) is 13.6. The molecule has 138 valence electrons. The van der Waals surface area contributed by atoms with Gasteiger partial charge in [0, 0.05) is 6.07 Å². The van der Waals surface area contributed by atoms with E-state index in [1.807, 2.05) is 5.32 Å². The fourth-order valence-corrected chi connectivity index (χ4v) is 1.76. The summed E-state index contributed by atoms with van der Waals surface area (Å²) in [4.78, 5) is 33.5. The van der Waals surface area contributed by atoms with E-state index in [9.17, 15) is 31.9 Å². The van der Waals surface area contributed by atoms with Gasteiger partial charge in [-0.05, 0) is 13.0 Å². The van der Waals surface area contributed by atoms with Crippen LogP contribution in [-0.2, 0) is 19.1 Å². The lowest BCUT2D eigenvalue weighted by atomic mass is 10.2. The van der Waals surface area contributed by atoms with Gasteiger partial charge in [-0.2, -0.15) is 13.2 Å². The number of esters is 1. The number of ether oxygens (including phenoxy) is 2. The van der Waals surface area contributed by atoms with Crippen molar-refractivity contribution in [1.29, 1.82) is 0 Å². The van der Waals surface area contributed by atoms with Crippen LogP contribution in [0.15, 0.2) is 12.1 Å². The van der Waals surface area contributed by atoms with Crippen LogP contribution in [0.3, 0.4) is 0 Å².